The van der Waals surface area contributed by atoms with Gasteiger partial charge in [-0.1, -0.05) is 37.3 Å². The summed E-state index contributed by atoms with van der Waals surface area (Å²) >= 11 is 6.86. The molecule has 1 aromatic carbocycles. The van der Waals surface area contributed by atoms with E-state index in [1.54, 1.807) is 18.2 Å². The largest absolute Gasteiger partial charge is 0.382 e. The molecular weight excluding hydrogens is 364 g/mol. The Morgan fingerprint density at radius 2 is 1.54 bits per heavy atom. The first-order chi connectivity index (χ1) is 11.5. The van der Waals surface area contributed by atoms with Gasteiger partial charge >= 0.3 is 0 Å². The summed E-state index contributed by atoms with van der Waals surface area (Å²) in [6, 6.07) is 11.0. The van der Waals surface area contributed by atoms with Crippen LogP contribution >= 0.6 is 22.9 Å². The second-order valence-corrected chi connectivity index (χ2v) is 9.70. The molecule has 24 heavy (non-hydrogen) atoms. The molecule has 130 valence electrons. The minimum Gasteiger partial charge on any atom is -0.382 e. The zero-order valence-electron chi connectivity index (χ0n) is 13.3. The summed E-state index contributed by atoms with van der Waals surface area (Å²) in [6.45, 7) is 0. The predicted molar refractivity (Wildman–Crippen MR) is 102 cm³/mol. The fourth-order valence-electron chi connectivity index (χ4n) is 2.94. The standard InChI is InChI=1S/C17H21ClN2O2S2/c18-16-11-12-17(23-16)24(21,22)20-15-9-7-14(8-10-15)19-13-5-3-1-2-4-6-13/h7-13,19-20H,1-6H2. The normalized spacial score (nSPS) is 16.5. The van der Waals surface area contributed by atoms with Gasteiger partial charge in [-0.2, -0.15) is 0 Å². The van der Waals surface area contributed by atoms with Crippen molar-refractivity contribution in [3.8, 4) is 0 Å². The fraction of sp³-hybridized carbons (Fsp3) is 0.412. The number of hydrogen-bond donors (Lipinski definition) is 2. The minimum atomic E-state index is -3.57. The summed E-state index contributed by atoms with van der Waals surface area (Å²) in [5, 5.41) is 3.55. The Kier molecular flexibility index (Phi) is 5.69. The fourth-order valence-corrected chi connectivity index (χ4v) is 5.48. The molecule has 7 heteroatoms. The van der Waals surface area contributed by atoms with Crippen molar-refractivity contribution in [2.45, 2.75) is 48.8 Å². The summed E-state index contributed by atoms with van der Waals surface area (Å²) in [7, 11) is -3.57. The molecule has 0 amide bonds. The highest BCUT2D eigenvalue weighted by Gasteiger charge is 2.17. The molecule has 0 spiro atoms. The van der Waals surface area contributed by atoms with Crippen LogP contribution in [0.25, 0.3) is 0 Å². The van der Waals surface area contributed by atoms with Crippen molar-refractivity contribution in [3.05, 3.63) is 40.7 Å². The average Bonchev–Trinajstić information content (AvgIpc) is 2.84. The highest BCUT2D eigenvalue weighted by atomic mass is 35.5. The Balaban J connectivity index is 1.64. The highest BCUT2D eigenvalue weighted by molar-refractivity contribution is 7.94. The molecule has 0 radical (unpaired) electrons. The van der Waals surface area contributed by atoms with Crippen molar-refractivity contribution in [2.24, 2.45) is 0 Å². The van der Waals surface area contributed by atoms with E-state index in [-0.39, 0.29) is 4.21 Å². The summed E-state index contributed by atoms with van der Waals surface area (Å²) in [5.74, 6) is 0. The van der Waals surface area contributed by atoms with E-state index < -0.39 is 10.0 Å². The van der Waals surface area contributed by atoms with Crippen molar-refractivity contribution in [1.82, 2.24) is 0 Å². The van der Waals surface area contributed by atoms with Gasteiger partial charge in [0, 0.05) is 17.4 Å². The average molecular weight is 385 g/mol. The number of thiophene rings is 1. The topological polar surface area (TPSA) is 58.2 Å². The van der Waals surface area contributed by atoms with Crippen LogP contribution < -0.4 is 10.0 Å². The van der Waals surface area contributed by atoms with Crippen LogP contribution in [0.5, 0.6) is 0 Å². The van der Waals surface area contributed by atoms with E-state index in [0.717, 1.165) is 17.0 Å². The van der Waals surface area contributed by atoms with Gasteiger partial charge in [0.15, 0.2) is 0 Å². The molecule has 1 saturated carbocycles. The van der Waals surface area contributed by atoms with Gasteiger partial charge in [0.1, 0.15) is 4.21 Å². The van der Waals surface area contributed by atoms with Gasteiger partial charge in [0.2, 0.25) is 0 Å². The molecule has 0 aliphatic heterocycles. The number of sulfonamides is 1. The minimum absolute atomic E-state index is 0.216. The first kappa shape index (κ1) is 17.6. The van der Waals surface area contributed by atoms with E-state index in [2.05, 4.69) is 10.0 Å². The van der Waals surface area contributed by atoms with Gasteiger partial charge in [-0.3, -0.25) is 4.72 Å². The van der Waals surface area contributed by atoms with Crippen LogP contribution in [-0.4, -0.2) is 14.5 Å². The second-order valence-electron chi connectivity index (χ2n) is 6.07. The van der Waals surface area contributed by atoms with Crippen molar-refractivity contribution >= 4 is 44.3 Å². The number of halogens is 1. The van der Waals surface area contributed by atoms with E-state index in [0.29, 0.717) is 16.1 Å². The predicted octanol–water partition coefficient (Wildman–Crippen LogP) is 5.34. The van der Waals surface area contributed by atoms with Gasteiger partial charge in [-0.05, 0) is 49.2 Å². The van der Waals surface area contributed by atoms with Crippen LogP contribution in [0.4, 0.5) is 11.4 Å². The molecule has 0 bridgehead atoms. The SMILES string of the molecule is O=S(=O)(Nc1ccc(NC2CCCCCC2)cc1)c1ccc(Cl)s1. The second kappa shape index (κ2) is 7.76. The Morgan fingerprint density at radius 1 is 0.917 bits per heavy atom. The van der Waals surface area contributed by atoms with Crippen molar-refractivity contribution < 1.29 is 8.42 Å². The van der Waals surface area contributed by atoms with Crippen LogP contribution in [0.1, 0.15) is 38.5 Å². The zero-order valence-corrected chi connectivity index (χ0v) is 15.7. The maximum Gasteiger partial charge on any atom is 0.271 e. The third kappa shape index (κ3) is 4.65. The number of anilines is 2. The van der Waals surface area contributed by atoms with Gasteiger partial charge < -0.3 is 5.32 Å². The number of benzene rings is 1. The third-order valence-electron chi connectivity index (χ3n) is 4.18. The first-order valence-electron chi connectivity index (χ1n) is 8.18. The summed E-state index contributed by atoms with van der Waals surface area (Å²) in [6.07, 6.45) is 7.61. The molecule has 0 unspecified atom stereocenters. The number of nitrogens with one attached hydrogen (secondary N) is 2. The lowest BCUT2D eigenvalue weighted by Gasteiger charge is -2.18. The molecule has 1 aromatic heterocycles. The summed E-state index contributed by atoms with van der Waals surface area (Å²) in [5.41, 5.74) is 1.58. The maximum absolute atomic E-state index is 12.3. The van der Waals surface area contributed by atoms with Gasteiger partial charge in [-0.25, -0.2) is 8.42 Å². The van der Waals surface area contributed by atoms with E-state index >= 15 is 0 Å². The first-order valence-corrected chi connectivity index (χ1v) is 10.9. The van der Waals surface area contributed by atoms with Crippen LogP contribution in [0.3, 0.4) is 0 Å². The molecule has 1 aliphatic rings. The molecule has 3 rings (SSSR count). The number of hydrogen-bond acceptors (Lipinski definition) is 4. The summed E-state index contributed by atoms with van der Waals surface area (Å²) in [4.78, 5) is 0. The lowest BCUT2D eigenvalue weighted by Crippen LogP contribution is -2.18. The van der Waals surface area contributed by atoms with Crippen molar-refractivity contribution in [2.75, 3.05) is 10.0 Å². The van der Waals surface area contributed by atoms with Gasteiger partial charge in [-0.15, -0.1) is 11.3 Å². The maximum atomic E-state index is 12.3. The molecule has 4 nitrogen and oxygen atoms in total. The molecule has 1 aliphatic carbocycles. The van der Waals surface area contributed by atoms with E-state index in [4.69, 9.17) is 11.6 Å². The Morgan fingerprint density at radius 3 is 2.12 bits per heavy atom. The smallest absolute Gasteiger partial charge is 0.271 e. The van der Waals surface area contributed by atoms with Crippen LogP contribution in [0.15, 0.2) is 40.6 Å². The lowest BCUT2D eigenvalue weighted by atomic mass is 10.1. The van der Waals surface area contributed by atoms with Crippen molar-refractivity contribution in [3.63, 3.8) is 0 Å². The molecule has 1 fully saturated rings. The van der Waals surface area contributed by atoms with E-state index in [1.165, 1.54) is 44.6 Å². The quantitative estimate of drug-likeness (QED) is 0.684. The van der Waals surface area contributed by atoms with Gasteiger partial charge in [0.05, 0.1) is 4.34 Å². The molecular formula is C17H21ClN2O2S2. The van der Waals surface area contributed by atoms with Crippen LogP contribution in [0.2, 0.25) is 4.34 Å². The third-order valence-corrected chi connectivity index (χ3v) is 7.28. The van der Waals surface area contributed by atoms with Gasteiger partial charge in [0.25, 0.3) is 10.0 Å². The van der Waals surface area contributed by atoms with Crippen molar-refractivity contribution in [1.29, 1.82) is 0 Å². The Hall–Kier alpha value is -1.24. The lowest BCUT2D eigenvalue weighted by molar-refractivity contribution is 0.603. The van der Waals surface area contributed by atoms with E-state index in [9.17, 15) is 8.42 Å². The van der Waals surface area contributed by atoms with Crippen LogP contribution in [-0.2, 0) is 10.0 Å². The Bertz CT molecular complexity index is 764. The molecule has 0 saturated heterocycles. The highest BCUT2D eigenvalue weighted by Crippen LogP contribution is 2.28. The molecule has 2 aromatic rings. The molecule has 1 heterocycles. The summed E-state index contributed by atoms with van der Waals surface area (Å²) < 4.78 is 27.8. The number of rotatable bonds is 5. The zero-order chi connectivity index (χ0) is 17.0. The Labute approximate surface area is 152 Å². The molecule has 2 N–H and O–H groups in total. The molecule has 0 atom stereocenters. The monoisotopic (exact) mass is 384 g/mol. The van der Waals surface area contributed by atoms with Crippen LogP contribution in [0, 0.1) is 0 Å². The van der Waals surface area contributed by atoms with E-state index in [1.807, 2.05) is 12.1 Å².